The van der Waals surface area contributed by atoms with Gasteiger partial charge in [-0.05, 0) is 146 Å². The molecule has 2 aromatic heterocycles. The van der Waals surface area contributed by atoms with E-state index >= 15 is 0 Å². The highest BCUT2D eigenvalue weighted by molar-refractivity contribution is 9.11. The first-order chi connectivity index (χ1) is 41.4. The molecule has 8 N–H and O–H groups in total. The molecular weight excluding hydrogens is 1390 g/mol. The second kappa shape index (κ2) is 29.9. The van der Waals surface area contributed by atoms with Crippen molar-refractivity contribution in [2.75, 3.05) is 24.1 Å². The second-order valence-electron chi connectivity index (χ2n) is 18.6. The Hall–Kier alpha value is -9.70. The number of piperidine rings is 1. The number of carbonyl (C=O) groups excluding carboxylic acids is 2. The molecule has 1 fully saturated rings. The molecule has 3 heterocycles. The van der Waals surface area contributed by atoms with E-state index in [9.17, 15) is 48.6 Å². The number of fused-ring (bicyclic) bond motifs is 2. The summed E-state index contributed by atoms with van der Waals surface area (Å²) in [5, 5.41) is 50.3. The highest BCUT2D eigenvalue weighted by Crippen LogP contribution is 2.31. The summed E-state index contributed by atoms with van der Waals surface area (Å²) in [6.07, 6.45) is 4.71. The van der Waals surface area contributed by atoms with Crippen molar-refractivity contribution in [3.63, 3.8) is 0 Å². The van der Waals surface area contributed by atoms with Gasteiger partial charge in [-0.2, -0.15) is 4.39 Å². The molecule has 2 amide bonds. The van der Waals surface area contributed by atoms with Crippen LogP contribution in [0.25, 0.3) is 33.4 Å². The Morgan fingerprint density at radius 3 is 1.45 bits per heavy atom. The Bertz CT molecular complexity index is 4220. The summed E-state index contributed by atoms with van der Waals surface area (Å²) in [7, 11) is 0. The van der Waals surface area contributed by atoms with Crippen molar-refractivity contribution < 1.29 is 53.5 Å². The Kier molecular flexibility index (Phi) is 22.3. The molecule has 22 nitrogen and oxygen atoms in total. The second-order valence-corrected chi connectivity index (χ2v) is 22.2. The lowest BCUT2D eigenvalue weighted by Gasteiger charge is -2.30. The molecule has 0 bridgehead atoms. The van der Waals surface area contributed by atoms with Gasteiger partial charge >= 0.3 is 23.6 Å². The van der Waals surface area contributed by atoms with E-state index in [1.165, 1.54) is 12.1 Å². The van der Waals surface area contributed by atoms with Gasteiger partial charge in [-0.1, -0.05) is 88.0 Å². The first-order valence-electron chi connectivity index (χ1n) is 25.5. The predicted octanol–water partition coefficient (Wildman–Crippen LogP) is 13.9. The summed E-state index contributed by atoms with van der Waals surface area (Å²) in [5.74, 6) is -4.96. The van der Waals surface area contributed by atoms with Gasteiger partial charge in [0.15, 0.2) is 0 Å². The summed E-state index contributed by atoms with van der Waals surface area (Å²) >= 11 is 13.5. The third-order valence-electron chi connectivity index (χ3n) is 12.7. The van der Waals surface area contributed by atoms with E-state index in [4.69, 9.17) is 26.8 Å². The van der Waals surface area contributed by atoms with E-state index < -0.39 is 39.3 Å². The molecule has 444 valence electrons. The van der Waals surface area contributed by atoms with Crippen LogP contribution in [-0.4, -0.2) is 92.0 Å². The maximum Gasteiger partial charge on any atom is 0.335 e. The Morgan fingerprint density at radius 2 is 0.989 bits per heavy atom. The maximum absolute atomic E-state index is 12.8. The number of carbonyl (C=O) groups is 5. The number of nitrogens with one attached hydrogen (secondary N) is 1. The Morgan fingerprint density at radius 1 is 0.552 bits per heavy atom. The molecule has 0 unspecified atom stereocenters. The lowest BCUT2D eigenvalue weighted by Crippen LogP contribution is -2.41. The molecule has 87 heavy (non-hydrogen) atoms. The van der Waals surface area contributed by atoms with Gasteiger partial charge in [-0.3, -0.25) is 39.0 Å². The number of nitrogen functional groups attached to an aromatic ring is 1. The van der Waals surface area contributed by atoms with Crippen LogP contribution < -0.4 is 16.8 Å². The lowest BCUT2D eigenvalue weighted by atomic mass is 9.96. The van der Waals surface area contributed by atoms with Crippen molar-refractivity contribution >= 4 is 144 Å². The summed E-state index contributed by atoms with van der Waals surface area (Å²) < 4.78 is 20.4. The average molecular weight is 1440 g/mol. The van der Waals surface area contributed by atoms with E-state index in [-0.39, 0.29) is 45.8 Å². The van der Waals surface area contributed by atoms with Gasteiger partial charge < -0.3 is 37.0 Å². The fourth-order valence-corrected chi connectivity index (χ4v) is 10.0. The van der Waals surface area contributed by atoms with Crippen LogP contribution in [0.1, 0.15) is 54.3 Å². The number of nitro groups is 2. The van der Waals surface area contributed by atoms with Crippen molar-refractivity contribution in [3.05, 3.63) is 249 Å². The van der Waals surface area contributed by atoms with Gasteiger partial charge in [-0.25, -0.2) is 24.4 Å². The SMILES string of the molecule is NC(=O)C1CCN(C(=O)c2ccc3c(c2)ncn3-c2cccc(Br)c2)CC1.Nc1cccc(Br)c1.O=C(O)c1ccc(F)c([N+](=O)[O-])c1.O=C(O)c1ccc(Nc2cccc(Br)c2)c([N+](=O)[O-])c1.O=C(O)c1ccc2c(c1)ncn2-c1cccc(Br)c1. The number of aromatic carboxylic acids is 3. The van der Waals surface area contributed by atoms with Crippen LogP contribution in [0.15, 0.2) is 200 Å². The molecule has 10 aromatic rings. The third-order valence-corrected chi connectivity index (χ3v) is 14.7. The number of hydrogen-bond donors (Lipinski definition) is 6. The summed E-state index contributed by atoms with van der Waals surface area (Å²) in [4.78, 5) is 86.3. The Balaban J connectivity index is 0.000000163. The summed E-state index contributed by atoms with van der Waals surface area (Å²) in [6, 6.07) is 47.1. The normalized spacial score (nSPS) is 11.7. The number of imidazole rings is 2. The number of likely N-dealkylation sites (tertiary alicyclic amines) is 1. The number of anilines is 3. The number of benzene rings is 8. The molecule has 11 rings (SSSR count). The highest BCUT2D eigenvalue weighted by Gasteiger charge is 2.27. The number of carboxylic acid groups (broad SMARTS) is 3. The van der Waals surface area contributed by atoms with Crippen molar-refractivity contribution in [2.45, 2.75) is 12.8 Å². The quantitative estimate of drug-likeness (QED) is 0.0398. The third kappa shape index (κ3) is 17.7. The van der Waals surface area contributed by atoms with E-state index in [0.717, 1.165) is 69.7 Å². The monoisotopic (exact) mass is 1430 g/mol. The van der Waals surface area contributed by atoms with Crippen LogP contribution in [0.4, 0.5) is 32.8 Å². The standard InChI is InChI=1S/C20H19BrN4O2.C14H9BrN2O2.C13H9BrN2O4.C7H4FNO4.C6H6BrN/c21-15-2-1-3-16(11-15)25-12-23-17-10-14(4-5-18(17)25)20(27)24-8-6-13(7-9-24)19(22)26;15-10-2-1-3-11(7-10)17-8-16-12-6-9(14(18)19)4-5-13(12)17;14-9-2-1-3-10(7-9)15-11-5-4-8(13(17)18)6-12(11)16(19)20;8-5-2-1-4(7(10)11)3-6(5)9(12)13;7-5-2-1-3-6(8)4-5/h1-5,10-13H,6-9H2,(H2,22,26);1-8H,(H,18,19);1-7,15H,(H,17,18);1-3H,(H,10,11);1-4H,8H2. The van der Waals surface area contributed by atoms with E-state index in [0.29, 0.717) is 48.8 Å². The fourth-order valence-electron chi connectivity index (χ4n) is 8.44. The van der Waals surface area contributed by atoms with E-state index in [2.05, 4.69) is 79.0 Å². The van der Waals surface area contributed by atoms with Crippen molar-refractivity contribution in [3.8, 4) is 11.4 Å². The first kappa shape index (κ1) is 64.9. The van der Waals surface area contributed by atoms with Gasteiger partial charge in [0.25, 0.3) is 11.6 Å². The summed E-state index contributed by atoms with van der Waals surface area (Å²) in [6.45, 7) is 1.11. The predicted molar refractivity (Wildman–Crippen MR) is 338 cm³/mol. The number of carboxylic acids is 3. The lowest BCUT2D eigenvalue weighted by molar-refractivity contribution is -0.387. The van der Waals surface area contributed by atoms with Crippen LogP contribution in [0, 0.1) is 32.0 Å². The van der Waals surface area contributed by atoms with Crippen molar-refractivity contribution in [1.82, 2.24) is 24.0 Å². The number of amides is 2. The van der Waals surface area contributed by atoms with Crippen LogP contribution in [0.3, 0.4) is 0 Å². The average Bonchev–Trinajstić information content (AvgIpc) is 2.23. The molecule has 0 aliphatic carbocycles. The van der Waals surface area contributed by atoms with Gasteiger partial charge in [0.1, 0.15) is 18.3 Å². The molecule has 27 heteroatoms. The summed E-state index contributed by atoms with van der Waals surface area (Å²) in [5.41, 5.74) is 17.0. The Labute approximate surface area is 526 Å². The largest absolute Gasteiger partial charge is 0.478 e. The zero-order valence-electron chi connectivity index (χ0n) is 44.9. The number of rotatable bonds is 11. The molecule has 0 atom stereocenters. The number of hydrogen-bond acceptors (Lipinski definition) is 13. The van der Waals surface area contributed by atoms with Gasteiger partial charge in [-0.15, -0.1) is 0 Å². The number of nitro benzene ring substituents is 2. The molecule has 1 aliphatic rings. The minimum absolute atomic E-state index is 0.0307. The molecule has 8 aromatic carbocycles. The molecule has 1 saturated heterocycles. The zero-order valence-corrected chi connectivity index (χ0v) is 51.3. The van der Waals surface area contributed by atoms with E-state index in [1.807, 2.05) is 106 Å². The molecule has 0 spiro atoms. The van der Waals surface area contributed by atoms with Crippen molar-refractivity contribution in [1.29, 1.82) is 0 Å². The van der Waals surface area contributed by atoms with E-state index in [1.54, 1.807) is 54.0 Å². The fraction of sp³-hybridized carbons (Fsp3) is 0.0833. The zero-order chi connectivity index (χ0) is 63.1. The number of primary amides is 1. The number of nitrogens with zero attached hydrogens (tertiary/aromatic N) is 7. The van der Waals surface area contributed by atoms with Crippen LogP contribution in [0.2, 0.25) is 0 Å². The van der Waals surface area contributed by atoms with Gasteiger partial charge in [0.05, 0.1) is 48.6 Å². The first-order valence-corrected chi connectivity index (χ1v) is 28.6. The topological polar surface area (TPSA) is 335 Å². The van der Waals surface area contributed by atoms with Crippen LogP contribution in [-0.2, 0) is 4.79 Å². The van der Waals surface area contributed by atoms with Crippen LogP contribution >= 0.6 is 63.7 Å². The smallest absolute Gasteiger partial charge is 0.335 e. The van der Waals surface area contributed by atoms with Gasteiger partial charge in [0, 0.05) is 77.3 Å². The highest BCUT2D eigenvalue weighted by atomic mass is 79.9. The number of aromatic nitrogens is 4. The molecular formula is C60H47Br4FN10O12. The minimum atomic E-state index is -1.33. The number of halogens is 5. The molecule has 1 aliphatic heterocycles. The van der Waals surface area contributed by atoms with Gasteiger partial charge in [0.2, 0.25) is 11.7 Å². The van der Waals surface area contributed by atoms with Crippen LogP contribution in [0.5, 0.6) is 0 Å². The molecule has 0 radical (unpaired) electrons. The number of nitrogens with two attached hydrogens (primary N) is 2. The minimum Gasteiger partial charge on any atom is -0.478 e. The molecule has 0 saturated carbocycles. The maximum atomic E-state index is 12.8. The van der Waals surface area contributed by atoms with Crippen molar-refractivity contribution in [2.24, 2.45) is 11.7 Å².